The summed E-state index contributed by atoms with van der Waals surface area (Å²) in [5.41, 5.74) is 9.20. The van der Waals surface area contributed by atoms with Crippen molar-refractivity contribution in [2.75, 3.05) is 20.0 Å². The number of hydrogen-bond acceptors (Lipinski definition) is 7. The molecule has 0 fully saturated rings. The molecule has 0 aliphatic rings. The maximum absolute atomic E-state index is 12.2. The Bertz CT molecular complexity index is 1360. The molecule has 0 aliphatic carbocycles. The van der Waals surface area contributed by atoms with Gasteiger partial charge in [-0.25, -0.2) is 9.78 Å². The zero-order valence-electron chi connectivity index (χ0n) is 18.7. The third-order valence-corrected chi connectivity index (χ3v) is 5.17. The largest absolute Gasteiger partial charge is 0.493 e. The Hall–Kier alpha value is -4.59. The molecule has 4 aromatic rings. The maximum Gasteiger partial charge on any atom is 0.337 e. The van der Waals surface area contributed by atoms with Gasteiger partial charge in [0.1, 0.15) is 11.6 Å². The number of pyridine rings is 1. The van der Waals surface area contributed by atoms with Crippen LogP contribution in [0.4, 0.5) is 5.82 Å². The van der Waals surface area contributed by atoms with Crippen molar-refractivity contribution in [3.05, 3.63) is 83.8 Å². The van der Waals surface area contributed by atoms with Crippen LogP contribution in [0.25, 0.3) is 28.2 Å². The smallest absolute Gasteiger partial charge is 0.337 e. The average Bonchev–Trinajstić information content (AvgIpc) is 3.29. The number of rotatable bonds is 7. The zero-order valence-corrected chi connectivity index (χ0v) is 18.7. The number of hydrogen-bond donors (Lipinski definition) is 2. The van der Waals surface area contributed by atoms with Crippen molar-refractivity contribution in [1.29, 1.82) is 0 Å². The number of carbonyl (C=O) groups excluding carboxylic acids is 2. The van der Waals surface area contributed by atoms with Gasteiger partial charge in [0.15, 0.2) is 11.3 Å². The molecule has 0 radical (unpaired) electrons. The van der Waals surface area contributed by atoms with Gasteiger partial charge in [-0.3, -0.25) is 4.79 Å². The van der Waals surface area contributed by atoms with Crippen LogP contribution in [0, 0.1) is 0 Å². The van der Waals surface area contributed by atoms with E-state index in [1.807, 2.05) is 30.3 Å². The van der Waals surface area contributed by atoms with E-state index in [2.05, 4.69) is 10.3 Å². The van der Waals surface area contributed by atoms with Crippen molar-refractivity contribution in [3.63, 3.8) is 0 Å². The number of fused-ring (bicyclic) bond motifs is 1. The van der Waals surface area contributed by atoms with Crippen LogP contribution in [0.5, 0.6) is 5.75 Å². The summed E-state index contributed by atoms with van der Waals surface area (Å²) in [6, 6.07) is 16.2. The second-order valence-corrected chi connectivity index (χ2v) is 7.45. The molecule has 2 aromatic heterocycles. The normalized spacial score (nSPS) is 11.0. The van der Waals surface area contributed by atoms with Crippen LogP contribution in [-0.2, 0) is 16.1 Å². The highest BCUT2D eigenvalue weighted by Crippen LogP contribution is 2.34. The molecule has 0 saturated carbocycles. The SMILES string of the molecule is COC(=O)c1ccc(-c2cc(OC)c3oc(CNC(=O)/C=C/c4ccc(N)nc4)cc3c2)cc1. The molecule has 4 rings (SSSR count). The third kappa shape index (κ3) is 5.07. The molecule has 34 heavy (non-hydrogen) atoms. The average molecular weight is 457 g/mol. The summed E-state index contributed by atoms with van der Waals surface area (Å²) in [5, 5.41) is 3.63. The second kappa shape index (κ2) is 9.91. The molecule has 0 spiro atoms. The van der Waals surface area contributed by atoms with E-state index in [0.717, 1.165) is 22.1 Å². The first kappa shape index (κ1) is 22.6. The Morgan fingerprint density at radius 3 is 2.53 bits per heavy atom. The number of amides is 1. The lowest BCUT2D eigenvalue weighted by Crippen LogP contribution is -2.19. The maximum atomic E-state index is 12.2. The minimum atomic E-state index is -0.388. The van der Waals surface area contributed by atoms with Gasteiger partial charge in [-0.15, -0.1) is 0 Å². The Labute approximate surface area is 196 Å². The number of nitrogen functional groups attached to an aromatic ring is 1. The summed E-state index contributed by atoms with van der Waals surface area (Å²) >= 11 is 0. The van der Waals surface area contributed by atoms with E-state index in [4.69, 9.17) is 19.6 Å². The number of esters is 1. The molecule has 0 unspecified atom stereocenters. The van der Waals surface area contributed by atoms with Crippen molar-refractivity contribution in [2.24, 2.45) is 0 Å². The number of methoxy groups -OCH3 is 2. The summed E-state index contributed by atoms with van der Waals surface area (Å²) in [5.74, 6) is 0.917. The Morgan fingerprint density at radius 2 is 1.85 bits per heavy atom. The van der Waals surface area contributed by atoms with E-state index in [0.29, 0.717) is 28.5 Å². The number of nitrogens with zero attached hydrogens (tertiary/aromatic N) is 1. The molecule has 172 valence electrons. The second-order valence-electron chi connectivity index (χ2n) is 7.45. The fourth-order valence-corrected chi connectivity index (χ4v) is 3.42. The summed E-state index contributed by atoms with van der Waals surface area (Å²) in [7, 11) is 2.92. The Morgan fingerprint density at radius 1 is 1.06 bits per heavy atom. The van der Waals surface area contributed by atoms with Crippen LogP contribution >= 0.6 is 0 Å². The molecule has 0 bridgehead atoms. The number of benzene rings is 2. The van der Waals surface area contributed by atoms with Gasteiger partial charge in [-0.1, -0.05) is 12.1 Å². The first-order valence-corrected chi connectivity index (χ1v) is 10.4. The molecule has 2 heterocycles. The molecular weight excluding hydrogens is 434 g/mol. The van der Waals surface area contributed by atoms with Gasteiger partial charge >= 0.3 is 5.97 Å². The van der Waals surface area contributed by atoms with E-state index < -0.39 is 0 Å². The number of aromatic nitrogens is 1. The molecule has 0 aliphatic heterocycles. The lowest BCUT2D eigenvalue weighted by atomic mass is 10.0. The molecule has 8 heteroatoms. The fourth-order valence-electron chi connectivity index (χ4n) is 3.42. The number of nitrogens with two attached hydrogens (primary N) is 1. The first-order chi connectivity index (χ1) is 16.5. The standard InChI is InChI=1S/C26H23N3O5/c1-32-22-13-19(17-5-7-18(8-6-17)26(31)33-2)11-20-12-21(34-25(20)22)15-29-24(30)10-4-16-3-9-23(27)28-14-16/h3-14H,15H2,1-2H3,(H2,27,28)(H,29,30)/b10-4+. The zero-order chi connectivity index (χ0) is 24.1. The van der Waals surface area contributed by atoms with Crippen molar-refractivity contribution in [1.82, 2.24) is 10.3 Å². The monoisotopic (exact) mass is 457 g/mol. The summed E-state index contributed by atoms with van der Waals surface area (Å²) in [6.45, 7) is 0.212. The number of carbonyl (C=O) groups is 2. The minimum absolute atomic E-state index is 0.212. The lowest BCUT2D eigenvalue weighted by molar-refractivity contribution is -0.116. The van der Waals surface area contributed by atoms with Crippen LogP contribution < -0.4 is 15.8 Å². The Balaban J connectivity index is 1.50. The van der Waals surface area contributed by atoms with E-state index in [1.54, 1.807) is 43.6 Å². The highest BCUT2D eigenvalue weighted by Gasteiger charge is 2.13. The summed E-state index contributed by atoms with van der Waals surface area (Å²) in [4.78, 5) is 27.9. The third-order valence-electron chi connectivity index (χ3n) is 5.17. The van der Waals surface area contributed by atoms with Crippen LogP contribution in [0.2, 0.25) is 0 Å². The lowest BCUT2D eigenvalue weighted by Gasteiger charge is -2.07. The van der Waals surface area contributed by atoms with Gasteiger partial charge in [0.25, 0.3) is 0 Å². The summed E-state index contributed by atoms with van der Waals surface area (Å²) < 4.78 is 16.2. The van der Waals surface area contributed by atoms with Crippen molar-refractivity contribution in [3.8, 4) is 16.9 Å². The van der Waals surface area contributed by atoms with Gasteiger partial charge in [0.05, 0.1) is 26.3 Å². The van der Waals surface area contributed by atoms with Crippen molar-refractivity contribution >= 4 is 34.7 Å². The number of furan rings is 1. The van der Waals surface area contributed by atoms with Crippen molar-refractivity contribution in [2.45, 2.75) is 6.54 Å². The molecule has 8 nitrogen and oxygen atoms in total. The first-order valence-electron chi connectivity index (χ1n) is 10.4. The van der Waals surface area contributed by atoms with Crippen LogP contribution in [0.1, 0.15) is 21.7 Å². The van der Waals surface area contributed by atoms with Gasteiger partial charge < -0.3 is 24.9 Å². The van der Waals surface area contributed by atoms with Crippen LogP contribution in [-0.4, -0.2) is 31.1 Å². The predicted octanol–water partition coefficient (Wildman–Crippen LogP) is 4.20. The topological polar surface area (TPSA) is 117 Å². The van der Waals surface area contributed by atoms with E-state index in [-0.39, 0.29) is 18.4 Å². The van der Waals surface area contributed by atoms with E-state index in [1.165, 1.54) is 13.2 Å². The molecule has 2 aromatic carbocycles. The minimum Gasteiger partial charge on any atom is -0.493 e. The van der Waals surface area contributed by atoms with E-state index >= 15 is 0 Å². The van der Waals surface area contributed by atoms with Gasteiger partial charge in [-0.2, -0.15) is 0 Å². The Kier molecular flexibility index (Phi) is 6.59. The number of nitrogens with one attached hydrogen (secondary N) is 1. The predicted molar refractivity (Wildman–Crippen MR) is 129 cm³/mol. The number of ether oxygens (including phenoxy) is 2. The highest BCUT2D eigenvalue weighted by molar-refractivity contribution is 5.93. The van der Waals surface area contributed by atoms with Gasteiger partial charge in [0.2, 0.25) is 5.91 Å². The van der Waals surface area contributed by atoms with E-state index in [9.17, 15) is 9.59 Å². The fraction of sp³-hybridized carbons (Fsp3) is 0.115. The van der Waals surface area contributed by atoms with Crippen LogP contribution in [0.3, 0.4) is 0 Å². The molecular formula is C26H23N3O5. The molecule has 0 atom stereocenters. The molecule has 0 saturated heterocycles. The summed E-state index contributed by atoms with van der Waals surface area (Å²) in [6.07, 6.45) is 4.67. The van der Waals surface area contributed by atoms with Gasteiger partial charge in [-0.05, 0) is 65.2 Å². The molecule has 3 N–H and O–H groups in total. The highest BCUT2D eigenvalue weighted by atomic mass is 16.5. The molecule has 1 amide bonds. The van der Waals surface area contributed by atoms with Crippen LogP contribution in [0.15, 0.2) is 71.3 Å². The van der Waals surface area contributed by atoms with Gasteiger partial charge in [0, 0.05) is 17.7 Å². The van der Waals surface area contributed by atoms with Crippen molar-refractivity contribution < 1.29 is 23.5 Å². The number of anilines is 1. The quantitative estimate of drug-likeness (QED) is 0.315.